The highest BCUT2D eigenvalue weighted by molar-refractivity contribution is 7.90. The van der Waals surface area contributed by atoms with Crippen LogP contribution in [0, 0.1) is 18.3 Å². The largest absolute Gasteiger partial charge is 0.309 e. The van der Waals surface area contributed by atoms with Crippen molar-refractivity contribution >= 4 is 30.9 Å². The van der Waals surface area contributed by atoms with E-state index in [0.717, 1.165) is 24.0 Å². The van der Waals surface area contributed by atoms with Crippen molar-refractivity contribution in [3.8, 4) is 6.07 Å². The van der Waals surface area contributed by atoms with Crippen LogP contribution in [0.3, 0.4) is 0 Å². The lowest BCUT2D eigenvalue weighted by Crippen LogP contribution is -2.32. The first-order valence-corrected chi connectivity index (χ1v) is 14.5. The Morgan fingerprint density at radius 2 is 1.69 bits per heavy atom. The second kappa shape index (κ2) is 9.74. The van der Waals surface area contributed by atoms with E-state index in [9.17, 15) is 22.1 Å². The lowest BCUT2D eigenvalue weighted by atomic mass is 10.1. The number of nitrogens with zero attached hydrogens (tertiary/aromatic N) is 4. The number of hydrogen-bond donors (Lipinski definition) is 0. The lowest BCUT2D eigenvalue weighted by molar-refractivity contribution is 0.414. The second-order valence-electron chi connectivity index (χ2n) is 9.26. The fraction of sp³-hybridized carbons (Fsp3) is 0.400. The molecule has 1 aromatic heterocycles. The van der Waals surface area contributed by atoms with Crippen molar-refractivity contribution in [1.82, 2.24) is 13.2 Å². The van der Waals surface area contributed by atoms with Crippen LogP contribution in [0.15, 0.2) is 53.6 Å². The summed E-state index contributed by atoms with van der Waals surface area (Å²) in [6.45, 7) is 3.41. The molecule has 8 nitrogen and oxygen atoms in total. The Bertz CT molecular complexity index is 1480. The quantitative estimate of drug-likeness (QED) is 0.457. The van der Waals surface area contributed by atoms with Gasteiger partial charge in [0.15, 0.2) is 5.25 Å². The van der Waals surface area contributed by atoms with E-state index in [0.29, 0.717) is 42.5 Å². The summed E-state index contributed by atoms with van der Waals surface area (Å²) in [5, 5.41) is 9.13. The Hall–Kier alpha value is -2.71. The Balaban J connectivity index is 1.85. The maximum Gasteiger partial charge on any atom is 0.268 e. The maximum atomic E-state index is 13.5. The number of rotatable bonds is 8. The van der Waals surface area contributed by atoms with Crippen molar-refractivity contribution < 1.29 is 16.8 Å². The van der Waals surface area contributed by atoms with Gasteiger partial charge in [-0.25, -0.2) is 25.1 Å². The zero-order valence-corrected chi connectivity index (χ0v) is 21.8. The van der Waals surface area contributed by atoms with Crippen LogP contribution in [0.1, 0.15) is 34.8 Å². The minimum absolute atomic E-state index is 0.176. The van der Waals surface area contributed by atoms with E-state index in [1.54, 1.807) is 48.7 Å². The number of aryl methyl sites for hydroxylation is 1. The summed E-state index contributed by atoms with van der Waals surface area (Å²) in [6.07, 6.45) is 3.75. The first-order chi connectivity index (χ1) is 16.6. The average molecular weight is 515 g/mol. The Kier molecular flexibility index (Phi) is 7.06. The minimum Gasteiger partial charge on any atom is -0.309 e. The highest BCUT2D eigenvalue weighted by Gasteiger charge is 2.35. The van der Waals surface area contributed by atoms with Crippen LogP contribution in [-0.2, 0) is 26.5 Å². The van der Waals surface area contributed by atoms with E-state index in [2.05, 4.69) is 0 Å². The molecule has 35 heavy (non-hydrogen) atoms. The van der Waals surface area contributed by atoms with Crippen LogP contribution in [0.5, 0.6) is 0 Å². The van der Waals surface area contributed by atoms with E-state index in [1.807, 2.05) is 32.0 Å². The van der Waals surface area contributed by atoms with Crippen molar-refractivity contribution in [3.05, 3.63) is 65.4 Å². The van der Waals surface area contributed by atoms with E-state index in [4.69, 9.17) is 0 Å². The van der Waals surface area contributed by atoms with Gasteiger partial charge in [-0.1, -0.05) is 23.8 Å². The van der Waals surface area contributed by atoms with Crippen LogP contribution in [-0.4, -0.2) is 63.7 Å². The fourth-order valence-electron chi connectivity index (χ4n) is 4.42. The van der Waals surface area contributed by atoms with Gasteiger partial charge in [0.2, 0.25) is 10.0 Å². The fourth-order valence-corrected chi connectivity index (χ4v) is 7.50. The molecular formula is C25H30N4O4S2. The third kappa shape index (κ3) is 4.86. The zero-order valence-electron chi connectivity index (χ0n) is 20.2. The molecule has 4 rings (SSSR count). The van der Waals surface area contributed by atoms with E-state index < -0.39 is 25.3 Å². The standard InChI is InChI=1S/C25H30N4O4S2/c1-19-6-9-22(10-7-19)34(30,31)29-18-21(12-15-27(2)3)23-16-20(8-11-24(23)29)25(17-26)35(32,33)28-13-4-5-14-28/h6-11,16,18,25H,4-5,12-15H2,1-3H3. The molecule has 0 radical (unpaired) electrons. The van der Waals surface area contributed by atoms with Gasteiger partial charge in [0.05, 0.1) is 16.5 Å². The number of nitriles is 1. The molecule has 0 bridgehead atoms. The maximum absolute atomic E-state index is 13.5. The van der Waals surface area contributed by atoms with Crippen LogP contribution in [0.4, 0.5) is 0 Å². The van der Waals surface area contributed by atoms with Crippen molar-refractivity contribution in [2.75, 3.05) is 33.7 Å². The first kappa shape index (κ1) is 25.4. The monoisotopic (exact) mass is 514 g/mol. The van der Waals surface area contributed by atoms with Gasteiger partial charge in [0, 0.05) is 31.2 Å². The van der Waals surface area contributed by atoms with Gasteiger partial charge in [-0.2, -0.15) is 5.26 Å². The summed E-state index contributed by atoms with van der Waals surface area (Å²) in [5.74, 6) is 0. The molecule has 1 atom stereocenters. The summed E-state index contributed by atoms with van der Waals surface area (Å²) >= 11 is 0. The number of aromatic nitrogens is 1. The van der Waals surface area contributed by atoms with Crippen molar-refractivity contribution in [3.63, 3.8) is 0 Å². The topological polar surface area (TPSA) is 103 Å². The molecular weight excluding hydrogens is 484 g/mol. The van der Waals surface area contributed by atoms with Gasteiger partial charge in [0.1, 0.15) is 0 Å². The molecule has 1 aliphatic rings. The first-order valence-electron chi connectivity index (χ1n) is 11.5. The summed E-state index contributed by atoms with van der Waals surface area (Å²) in [7, 11) is -3.84. The lowest BCUT2D eigenvalue weighted by Gasteiger charge is -2.20. The summed E-state index contributed by atoms with van der Waals surface area (Å²) in [6, 6.07) is 13.5. The van der Waals surface area contributed by atoms with Crippen molar-refractivity contribution in [2.45, 2.75) is 36.3 Å². The molecule has 0 amide bonds. The minimum atomic E-state index is -3.87. The molecule has 1 unspecified atom stereocenters. The van der Waals surface area contributed by atoms with E-state index >= 15 is 0 Å². The number of hydrogen-bond acceptors (Lipinski definition) is 6. The Morgan fingerprint density at radius 3 is 2.29 bits per heavy atom. The SMILES string of the molecule is Cc1ccc(S(=O)(=O)n2cc(CCN(C)C)c3cc(C(C#N)S(=O)(=O)N4CCCC4)ccc32)cc1. The van der Waals surface area contributed by atoms with Crippen molar-refractivity contribution in [1.29, 1.82) is 5.26 Å². The van der Waals surface area contributed by atoms with Crippen LogP contribution >= 0.6 is 0 Å². The summed E-state index contributed by atoms with van der Waals surface area (Å²) in [5.41, 5.74) is 2.54. The second-order valence-corrected chi connectivity index (χ2v) is 13.1. The molecule has 0 N–H and O–H groups in total. The number of fused-ring (bicyclic) bond motifs is 1. The summed E-state index contributed by atoms with van der Waals surface area (Å²) in [4.78, 5) is 2.17. The normalized spacial score (nSPS) is 16.1. The van der Waals surface area contributed by atoms with Gasteiger partial charge < -0.3 is 4.90 Å². The molecule has 1 aliphatic heterocycles. The predicted molar refractivity (Wildman–Crippen MR) is 136 cm³/mol. The van der Waals surface area contributed by atoms with E-state index in [1.165, 1.54) is 8.28 Å². The Morgan fingerprint density at radius 1 is 1.03 bits per heavy atom. The zero-order chi connectivity index (χ0) is 25.4. The molecule has 10 heteroatoms. The van der Waals surface area contributed by atoms with Crippen LogP contribution in [0.2, 0.25) is 0 Å². The average Bonchev–Trinajstić information content (AvgIpc) is 3.47. The van der Waals surface area contributed by atoms with E-state index in [-0.39, 0.29) is 4.90 Å². The van der Waals surface area contributed by atoms with Gasteiger partial charge in [0.25, 0.3) is 10.0 Å². The molecule has 1 saturated heterocycles. The third-order valence-electron chi connectivity index (χ3n) is 6.43. The number of benzene rings is 2. The number of sulfonamides is 1. The molecule has 2 heterocycles. The van der Waals surface area contributed by atoms with Crippen LogP contribution in [0.25, 0.3) is 10.9 Å². The van der Waals surface area contributed by atoms with Crippen LogP contribution < -0.4 is 0 Å². The van der Waals surface area contributed by atoms with Gasteiger partial charge in [-0.3, -0.25) is 0 Å². The molecule has 0 aliphatic carbocycles. The molecule has 1 fully saturated rings. The predicted octanol–water partition coefficient (Wildman–Crippen LogP) is 3.28. The molecule has 0 spiro atoms. The van der Waals surface area contributed by atoms with Crippen molar-refractivity contribution in [2.24, 2.45) is 0 Å². The summed E-state index contributed by atoms with van der Waals surface area (Å²) < 4.78 is 56.0. The molecule has 3 aromatic rings. The molecule has 2 aromatic carbocycles. The smallest absolute Gasteiger partial charge is 0.268 e. The van der Waals surface area contributed by atoms with Gasteiger partial charge in [-0.15, -0.1) is 0 Å². The highest BCUT2D eigenvalue weighted by atomic mass is 32.2. The highest BCUT2D eigenvalue weighted by Crippen LogP contribution is 2.33. The number of likely N-dealkylation sites (N-methyl/N-ethyl adjacent to an activating group) is 1. The molecule has 0 saturated carbocycles. The van der Waals surface area contributed by atoms with Gasteiger partial charge >= 0.3 is 0 Å². The Labute approximate surface area is 207 Å². The third-order valence-corrected chi connectivity index (χ3v) is 10.2. The molecule has 186 valence electrons. The van der Waals surface area contributed by atoms with Gasteiger partial charge in [-0.05, 0) is 75.7 Å².